The van der Waals surface area contributed by atoms with Crippen LogP contribution in [0.5, 0.6) is 11.5 Å². The van der Waals surface area contributed by atoms with E-state index in [2.05, 4.69) is 102 Å². The molecule has 0 atom stereocenters. The van der Waals surface area contributed by atoms with Crippen molar-refractivity contribution < 1.29 is 9.47 Å². The Bertz CT molecular complexity index is 1390. The standard InChI is InChI=1S/C31H26O2S/c1-32-26-19-17-22-12-7-9-14-24(22)29(26)31(28-16-6-4-3-5-11-21-34-28)30-25-15-10-8-13-23(25)18-20-27(30)33-2/h3-21,31H,1-2H3. The van der Waals surface area contributed by atoms with E-state index < -0.39 is 0 Å². The van der Waals surface area contributed by atoms with Gasteiger partial charge in [0.2, 0.25) is 0 Å². The summed E-state index contributed by atoms with van der Waals surface area (Å²) in [6.07, 6.45) is 0. The van der Waals surface area contributed by atoms with Crippen LogP contribution in [-0.2, 0) is 0 Å². The smallest absolute Gasteiger partial charge is 0.123 e. The van der Waals surface area contributed by atoms with Gasteiger partial charge in [-0.1, -0.05) is 91.0 Å². The highest BCUT2D eigenvalue weighted by Crippen LogP contribution is 2.47. The molecule has 0 N–H and O–H groups in total. The second-order valence-electron chi connectivity index (χ2n) is 8.02. The summed E-state index contributed by atoms with van der Waals surface area (Å²) in [5.74, 6) is 1.64. The zero-order chi connectivity index (χ0) is 23.3. The van der Waals surface area contributed by atoms with Crippen LogP contribution in [0, 0.1) is 0 Å². The van der Waals surface area contributed by atoms with Crippen LogP contribution >= 0.6 is 11.3 Å². The van der Waals surface area contributed by atoms with E-state index in [1.807, 2.05) is 12.1 Å². The molecule has 1 aromatic heterocycles. The molecule has 0 unspecified atom stereocenters. The van der Waals surface area contributed by atoms with Crippen molar-refractivity contribution in [2.45, 2.75) is 5.92 Å². The van der Waals surface area contributed by atoms with Crippen LogP contribution in [-0.4, -0.2) is 14.2 Å². The van der Waals surface area contributed by atoms with Crippen LogP contribution in [0.15, 0.2) is 115 Å². The summed E-state index contributed by atoms with van der Waals surface area (Å²) in [5, 5.41) is 6.86. The van der Waals surface area contributed by atoms with Crippen molar-refractivity contribution in [1.82, 2.24) is 0 Å². The SMILES string of the molecule is COc1ccc2ccccc2c1C(c1cccccccs1)c1c(OC)ccc2ccccc12. The van der Waals surface area contributed by atoms with E-state index in [0.717, 1.165) is 22.6 Å². The molecular weight excluding hydrogens is 436 g/mol. The fourth-order valence-electron chi connectivity index (χ4n) is 4.64. The summed E-state index contributed by atoms with van der Waals surface area (Å²) in [5.41, 5.74) is 2.28. The molecule has 0 fully saturated rings. The third-order valence-corrected chi connectivity index (χ3v) is 7.09. The van der Waals surface area contributed by atoms with Gasteiger partial charge in [0, 0.05) is 16.0 Å². The Kier molecular flexibility index (Phi) is 6.46. The third-order valence-electron chi connectivity index (χ3n) is 6.15. The van der Waals surface area contributed by atoms with E-state index >= 15 is 0 Å². The van der Waals surface area contributed by atoms with Crippen molar-refractivity contribution in [2.24, 2.45) is 0 Å². The molecule has 168 valence electrons. The van der Waals surface area contributed by atoms with Crippen molar-refractivity contribution in [3.05, 3.63) is 131 Å². The van der Waals surface area contributed by atoms with Gasteiger partial charge >= 0.3 is 0 Å². The molecule has 0 spiro atoms. The van der Waals surface area contributed by atoms with Crippen molar-refractivity contribution in [1.29, 1.82) is 0 Å². The average Bonchev–Trinajstić information content (AvgIpc) is 3.03. The molecule has 0 amide bonds. The van der Waals surface area contributed by atoms with Gasteiger partial charge in [0.1, 0.15) is 11.5 Å². The van der Waals surface area contributed by atoms with Crippen LogP contribution < -0.4 is 9.47 Å². The number of fused-ring (bicyclic) bond motifs is 2. The molecule has 0 bridgehead atoms. The van der Waals surface area contributed by atoms with Crippen molar-refractivity contribution in [2.75, 3.05) is 14.2 Å². The number of hydrogen-bond acceptors (Lipinski definition) is 3. The molecule has 0 saturated carbocycles. The number of methoxy groups -OCH3 is 2. The molecule has 1 heterocycles. The summed E-state index contributed by atoms with van der Waals surface area (Å²) >= 11 is 1.73. The predicted molar refractivity (Wildman–Crippen MR) is 144 cm³/mol. The van der Waals surface area contributed by atoms with E-state index in [0.29, 0.717) is 0 Å². The first-order valence-corrected chi connectivity index (χ1v) is 12.2. The monoisotopic (exact) mass is 462 g/mol. The minimum atomic E-state index is -0.0977. The molecule has 0 radical (unpaired) electrons. The van der Waals surface area contributed by atoms with Gasteiger partial charge in [-0.3, -0.25) is 0 Å². The maximum Gasteiger partial charge on any atom is 0.123 e. The molecule has 0 saturated heterocycles. The van der Waals surface area contributed by atoms with Gasteiger partial charge < -0.3 is 9.47 Å². The molecule has 0 aliphatic carbocycles. The van der Waals surface area contributed by atoms with E-state index in [9.17, 15) is 0 Å². The van der Waals surface area contributed by atoms with Gasteiger partial charge in [-0.05, 0) is 45.1 Å². The zero-order valence-electron chi connectivity index (χ0n) is 19.3. The predicted octanol–water partition coefficient (Wildman–Crippen LogP) is 8.38. The molecule has 4 aromatic carbocycles. The van der Waals surface area contributed by atoms with Crippen molar-refractivity contribution in [3.8, 4) is 11.5 Å². The Morgan fingerprint density at radius 1 is 0.529 bits per heavy atom. The van der Waals surface area contributed by atoms with Crippen LogP contribution in [0.2, 0.25) is 0 Å². The lowest BCUT2D eigenvalue weighted by molar-refractivity contribution is 0.404. The van der Waals surface area contributed by atoms with Gasteiger partial charge in [0.05, 0.1) is 20.1 Å². The summed E-state index contributed by atoms with van der Waals surface area (Å²) in [7, 11) is 3.50. The number of benzene rings is 4. The largest absolute Gasteiger partial charge is 0.496 e. The molecule has 5 aromatic rings. The highest BCUT2D eigenvalue weighted by atomic mass is 32.1. The van der Waals surface area contributed by atoms with E-state index in [4.69, 9.17) is 9.47 Å². The Balaban J connectivity index is 1.96. The Morgan fingerprint density at radius 3 is 1.62 bits per heavy atom. The average molecular weight is 463 g/mol. The molecular formula is C31H26O2S. The zero-order valence-corrected chi connectivity index (χ0v) is 20.1. The van der Waals surface area contributed by atoms with Gasteiger partial charge in [-0.15, -0.1) is 11.3 Å². The topological polar surface area (TPSA) is 18.5 Å². The lowest BCUT2D eigenvalue weighted by Gasteiger charge is -2.25. The highest BCUT2D eigenvalue weighted by Gasteiger charge is 2.28. The third kappa shape index (κ3) is 4.11. The Labute approximate surface area is 204 Å². The highest BCUT2D eigenvalue weighted by molar-refractivity contribution is 7.09. The fourth-order valence-corrected chi connectivity index (χ4v) is 5.50. The van der Waals surface area contributed by atoms with Crippen LogP contribution in [0.3, 0.4) is 0 Å². The first-order chi connectivity index (χ1) is 16.8. The van der Waals surface area contributed by atoms with Gasteiger partial charge in [-0.25, -0.2) is 0 Å². The first-order valence-electron chi connectivity index (χ1n) is 11.3. The molecule has 2 nitrogen and oxygen atoms in total. The summed E-state index contributed by atoms with van der Waals surface area (Å²) in [6.45, 7) is 0. The lowest BCUT2D eigenvalue weighted by Crippen LogP contribution is -2.08. The first kappa shape index (κ1) is 22.0. The summed E-state index contributed by atoms with van der Waals surface area (Å²) in [4.78, 5) is 1.19. The van der Waals surface area contributed by atoms with Gasteiger partial charge in [0.15, 0.2) is 0 Å². The fraction of sp³-hybridized carbons (Fsp3) is 0.0968. The van der Waals surface area contributed by atoms with Crippen LogP contribution in [0.4, 0.5) is 0 Å². The van der Waals surface area contributed by atoms with E-state index in [1.54, 1.807) is 25.6 Å². The molecule has 0 aliphatic heterocycles. The van der Waals surface area contributed by atoms with Gasteiger partial charge in [-0.2, -0.15) is 0 Å². The van der Waals surface area contributed by atoms with E-state index in [-0.39, 0.29) is 5.92 Å². The maximum absolute atomic E-state index is 5.99. The number of hydrogen-bond donors (Lipinski definition) is 0. The van der Waals surface area contributed by atoms with Gasteiger partial charge in [0.25, 0.3) is 0 Å². The van der Waals surface area contributed by atoms with Crippen molar-refractivity contribution >= 4 is 32.9 Å². The summed E-state index contributed by atoms with van der Waals surface area (Å²) in [6, 6.07) is 38.0. The minimum absolute atomic E-state index is 0.0977. The molecule has 0 aliphatic rings. The molecule has 34 heavy (non-hydrogen) atoms. The number of ether oxygens (including phenoxy) is 2. The molecule has 5 rings (SSSR count). The Hall–Kier alpha value is -3.82. The molecule has 3 heteroatoms. The lowest BCUT2D eigenvalue weighted by atomic mass is 9.83. The van der Waals surface area contributed by atoms with Crippen LogP contribution in [0.1, 0.15) is 21.9 Å². The second-order valence-corrected chi connectivity index (χ2v) is 9.00. The normalized spacial score (nSPS) is 10.9. The van der Waals surface area contributed by atoms with E-state index in [1.165, 1.54) is 26.4 Å². The summed E-state index contributed by atoms with van der Waals surface area (Å²) < 4.78 is 12.0. The van der Waals surface area contributed by atoms with Crippen molar-refractivity contribution in [3.63, 3.8) is 0 Å². The number of rotatable bonds is 5. The van der Waals surface area contributed by atoms with Crippen LogP contribution in [0.25, 0.3) is 21.5 Å². The Morgan fingerprint density at radius 2 is 1.03 bits per heavy atom. The maximum atomic E-state index is 5.99. The second kappa shape index (κ2) is 9.98. The minimum Gasteiger partial charge on any atom is -0.496 e. The quantitative estimate of drug-likeness (QED) is 0.261.